The molecule has 0 spiro atoms. The Morgan fingerprint density at radius 2 is 1.30 bits per heavy atom. The summed E-state index contributed by atoms with van der Waals surface area (Å²) in [4.78, 5) is 0. The number of hydrogen-bond donors (Lipinski definition) is 0. The van der Waals surface area contributed by atoms with Crippen molar-refractivity contribution in [1.29, 1.82) is 0 Å². The van der Waals surface area contributed by atoms with Crippen LogP contribution in [0.15, 0.2) is 40.9 Å². The van der Waals surface area contributed by atoms with Crippen LogP contribution in [0.3, 0.4) is 0 Å². The summed E-state index contributed by atoms with van der Waals surface area (Å²) in [5.74, 6) is 0.999. The van der Waals surface area contributed by atoms with Gasteiger partial charge in [0, 0.05) is 15.2 Å². The smallest absolute Gasteiger partial charge is 0.127 e. The third-order valence-corrected chi connectivity index (χ3v) is 5.37. The quantitative estimate of drug-likeness (QED) is 0.259. The highest BCUT2D eigenvalue weighted by molar-refractivity contribution is 9.10. The van der Waals surface area contributed by atoms with Gasteiger partial charge in [0.1, 0.15) is 5.75 Å². The lowest BCUT2D eigenvalue weighted by atomic mass is 10.1. The number of hydrogen-bond acceptors (Lipinski definition) is 1. The second kappa shape index (κ2) is 11.1. The van der Waals surface area contributed by atoms with Crippen LogP contribution in [0.4, 0.5) is 0 Å². The zero-order chi connectivity index (χ0) is 16.3. The summed E-state index contributed by atoms with van der Waals surface area (Å²) in [5.41, 5.74) is 0. The molecule has 1 nitrogen and oxygen atoms in total. The molecule has 0 saturated heterocycles. The minimum Gasteiger partial charge on any atom is -0.493 e. The predicted molar refractivity (Wildman–Crippen MR) is 108 cm³/mol. The first-order chi connectivity index (χ1) is 11.3. The van der Waals surface area contributed by atoms with E-state index in [0.29, 0.717) is 0 Å². The molecule has 0 saturated carbocycles. The average molecular weight is 442 g/mol. The van der Waals surface area contributed by atoms with Crippen LogP contribution < -0.4 is 4.74 Å². The molecule has 0 aliphatic heterocycles. The van der Waals surface area contributed by atoms with Gasteiger partial charge in [0.25, 0.3) is 0 Å². The molecule has 126 valence electrons. The number of ether oxygens (including phenoxy) is 1. The van der Waals surface area contributed by atoms with E-state index in [4.69, 9.17) is 4.74 Å². The van der Waals surface area contributed by atoms with Gasteiger partial charge in [-0.1, -0.05) is 94.7 Å². The molecule has 0 aliphatic carbocycles. The van der Waals surface area contributed by atoms with Crippen LogP contribution in [0.2, 0.25) is 0 Å². The molecule has 0 atom stereocenters. The fraction of sp³-hybridized carbons (Fsp3) is 0.500. The van der Waals surface area contributed by atoms with Crippen LogP contribution in [0.5, 0.6) is 5.75 Å². The van der Waals surface area contributed by atoms with Crippen LogP contribution in [0.25, 0.3) is 10.8 Å². The fourth-order valence-corrected chi connectivity index (χ4v) is 3.70. The van der Waals surface area contributed by atoms with Crippen LogP contribution in [0.1, 0.15) is 51.4 Å². The molecule has 0 heterocycles. The van der Waals surface area contributed by atoms with Crippen molar-refractivity contribution in [2.75, 3.05) is 11.9 Å². The van der Waals surface area contributed by atoms with Gasteiger partial charge < -0.3 is 4.74 Å². The van der Waals surface area contributed by atoms with E-state index in [1.807, 2.05) is 0 Å². The van der Waals surface area contributed by atoms with Gasteiger partial charge in [-0.2, -0.15) is 0 Å². The number of rotatable bonds is 11. The lowest BCUT2D eigenvalue weighted by molar-refractivity contribution is 0.307. The molecule has 0 aromatic heterocycles. The van der Waals surface area contributed by atoms with Crippen molar-refractivity contribution in [2.45, 2.75) is 51.4 Å². The van der Waals surface area contributed by atoms with Crippen molar-refractivity contribution < 1.29 is 4.74 Å². The fourth-order valence-electron chi connectivity index (χ4n) is 2.81. The number of alkyl halides is 1. The second-order valence-electron chi connectivity index (χ2n) is 5.96. The van der Waals surface area contributed by atoms with Gasteiger partial charge in [-0.15, -0.1) is 0 Å². The van der Waals surface area contributed by atoms with Crippen molar-refractivity contribution in [2.24, 2.45) is 0 Å². The maximum absolute atomic E-state index is 6.01. The van der Waals surface area contributed by atoms with Gasteiger partial charge in [-0.25, -0.2) is 0 Å². The maximum atomic E-state index is 6.01. The summed E-state index contributed by atoms with van der Waals surface area (Å²) in [6.07, 6.45) is 10.6. The average Bonchev–Trinajstić information content (AvgIpc) is 2.57. The first-order valence-electron chi connectivity index (χ1n) is 8.69. The van der Waals surface area contributed by atoms with Crippen molar-refractivity contribution in [3.8, 4) is 5.75 Å². The SMILES string of the molecule is BrCCCCCCCCCCOc1cccc2c(Br)cccc12. The third-order valence-electron chi connectivity index (χ3n) is 4.11. The molecule has 0 fully saturated rings. The Morgan fingerprint density at radius 1 is 0.696 bits per heavy atom. The Kier molecular flexibility index (Phi) is 9.06. The van der Waals surface area contributed by atoms with E-state index in [-0.39, 0.29) is 0 Å². The number of halogens is 2. The van der Waals surface area contributed by atoms with E-state index in [0.717, 1.165) is 28.6 Å². The lowest BCUT2D eigenvalue weighted by Crippen LogP contribution is -1.98. The summed E-state index contributed by atoms with van der Waals surface area (Å²) in [7, 11) is 0. The van der Waals surface area contributed by atoms with Crippen LogP contribution in [0, 0.1) is 0 Å². The van der Waals surface area contributed by atoms with E-state index in [1.165, 1.54) is 55.7 Å². The van der Waals surface area contributed by atoms with Crippen LogP contribution >= 0.6 is 31.9 Å². The minimum absolute atomic E-state index is 0.815. The molecule has 3 heteroatoms. The first-order valence-corrected chi connectivity index (χ1v) is 10.6. The topological polar surface area (TPSA) is 9.23 Å². The van der Waals surface area contributed by atoms with Gasteiger partial charge in [0.05, 0.1) is 6.61 Å². The molecular formula is C20H26Br2O. The molecule has 2 rings (SSSR count). The van der Waals surface area contributed by atoms with E-state index in [2.05, 4.69) is 68.3 Å². The van der Waals surface area contributed by atoms with Crippen molar-refractivity contribution in [1.82, 2.24) is 0 Å². The standard InChI is InChI=1S/C20H26Br2O/c21-15-7-5-3-1-2-4-6-8-16-23-20-14-10-11-17-18(20)12-9-13-19(17)22/h9-14H,1-8,15-16H2. The highest BCUT2D eigenvalue weighted by atomic mass is 79.9. The Labute approximate surface area is 157 Å². The summed E-state index contributed by atoms with van der Waals surface area (Å²) >= 11 is 7.09. The Hall–Kier alpha value is -0.540. The molecule has 0 radical (unpaired) electrons. The van der Waals surface area contributed by atoms with E-state index in [9.17, 15) is 0 Å². The van der Waals surface area contributed by atoms with Crippen molar-refractivity contribution in [3.63, 3.8) is 0 Å². The zero-order valence-electron chi connectivity index (χ0n) is 13.7. The van der Waals surface area contributed by atoms with Gasteiger partial charge in [-0.3, -0.25) is 0 Å². The molecule has 0 N–H and O–H groups in total. The summed E-state index contributed by atoms with van der Waals surface area (Å²) in [6, 6.07) is 12.5. The molecule has 0 amide bonds. The number of fused-ring (bicyclic) bond motifs is 1. The van der Waals surface area contributed by atoms with Gasteiger partial charge >= 0.3 is 0 Å². The van der Waals surface area contributed by atoms with Gasteiger partial charge in [0.15, 0.2) is 0 Å². The molecule has 0 bridgehead atoms. The monoisotopic (exact) mass is 440 g/mol. The maximum Gasteiger partial charge on any atom is 0.127 e. The molecule has 23 heavy (non-hydrogen) atoms. The largest absolute Gasteiger partial charge is 0.493 e. The Balaban J connectivity index is 1.65. The van der Waals surface area contributed by atoms with Crippen LogP contribution in [-0.4, -0.2) is 11.9 Å². The highest BCUT2D eigenvalue weighted by Crippen LogP contribution is 2.30. The second-order valence-corrected chi connectivity index (χ2v) is 7.60. The van der Waals surface area contributed by atoms with E-state index >= 15 is 0 Å². The Morgan fingerprint density at radius 3 is 2.04 bits per heavy atom. The van der Waals surface area contributed by atoms with E-state index < -0.39 is 0 Å². The summed E-state index contributed by atoms with van der Waals surface area (Å²) in [6.45, 7) is 0.815. The van der Waals surface area contributed by atoms with Crippen molar-refractivity contribution in [3.05, 3.63) is 40.9 Å². The van der Waals surface area contributed by atoms with Gasteiger partial charge in [0.2, 0.25) is 0 Å². The first kappa shape index (κ1) is 18.8. The Bertz CT molecular complexity index is 583. The molecule has 2 aromatic carbocycles. The number of unbranched alkanes of at least 4 members (excludes halogenated alkanes) is 7. The normalized spacial score (nSPS) is 11.0. The van der Waals surface area contributed by atoms with E-state index in [1.54, 1.807) is 0 Å². The van der Waals surface area contributed by atoms with Gasteiger partial charge in [-0.05, 0) is 30.4 Å². The van der Waals surface area contributed by atoms with Crippen molar-refractivity contribution >= 4 is 42.6 Å². The lowest BCUT2D eigenvalue weighted by Gasteiger charge is -2.10. The zero-order valence-corrected chi connectivity index (χ0v) is 16.9. The number of benzene rings is 2. The minimum atomic E-state index is 0.815. The molecule has 2 aromatic rings. The molecule has 0 unspecified atom stereocenters. The molecular weight excluding hydrogens is 416 g/mol. The third kappa shape index (κ3) is 6.46. The molecule has 0 aliphatic rings. The van der Waals surface area contributed by atoms with Crippen LogP contribution in [-0.2, 0) is 0 Å². The predicted octanol–water partition coefficient (Wildman–Crippen LogP) is 7.50. The highest BCUT2D eigenvalue weighted by Gasteiger charge is 2.04. The summed E-state index contributed by atoms with van der Waals surface area (Å²) < 4.78 is 7.13. The summed E-state index contributed by atoms with van der Waals surface area (Å²) in [5, 5.41) is 3.55.